The standard InChI is InChI=1S/C21H22FNO3/c1-12-2-3-15(11-18(12)22)21(25)23-20(16-9-17(24)10-16)14-4-5-19-13(8-14)6-7-26-19/h2-5,8,11,16-17,20,24H,6-7,9-10H2,1H3,(H,23,25). The van der Waals surface area contributed by atoms with Crippen LogP contribution in [0.1, 0.15) is 45.9 Å². The van der Waals surface area contributed by atoms with Crippen molar-refractivity contribution in [1.29, 1.82) is 0 Å². The van der Waals surface area contributed by atoms with Gasteiger partial charge in [0.1, 0.15) is 11.6 Å². The second kappa shape index (κ2) is 6.72. The quantitative estimate of drug-likeness (QED) is 0.885. The van der Waals surface area contributed by atoms with E-state index < -0.39 is 0 Å². The van der Waals surface area contributed by atoms with E-state index in [4.69, 9.17) is 4.74 Å². The first-order valence-electron chi connectivity index (χ1n) is 9.02. The minimum Gasteiger partial charge on any atom is -0.493 e. The first kappa shape index (κ1) is 17.0. The lowest BCUT2D eigenvalue weighted by Crippen LogP contribution is -2.41. The van der Waals surface area contributed by atoms with Crippen LogP contribution in [-0.4, -0.2) is 23.7 Å². The summed E-state index contributed by atoms with van der Waals surface area (Å²) in [6, 6.07) is 10.3. The molecule has 0 saturated heterocycles. The normalized spacial score (nSPS) is 22.1. The van der Waals surface area contributed by atoms with E-state index >= 15 is 0 Å². The fourth-order valence-electron chi connectivity index (χ4n) is 3.73. The van der Waals surface area contributed by atoms with Gasteiger partial charge in [-0.3, -0.25) is 4.79 Å². The summed E-state index contributed by atoms with van der Waals surface area (Å²) in [7, 11) is 0. The number of fused-ring (bicyclic) bond motifs is 1. The molecule has 2 aromatic carbocycles. The summed E-state index contributed by atoms with van der Waals surface area (Å²) in [5.74, 6) is 0.382. The highest BCUT2D eigenvalue weighted by Gasteiger charge is 2.36. The van der Waals surface area contributed by atoms with Crippen LogP contribution in [0.3, 0.4) is 0 Å². The van der Waals surface area contributed by atoms with E-state index in [-0.39, 0.29) is 29.8 Å². The molecule has 0 radical (unpaired) electrons. The molecule has 0 aromatic heterocycles. The highest BCUT2D eigenvalue weighted by molar-refractivity contribution is 5.94. The number of amides is 1. The van der Waals surface area contributed by atoms with Crippen molar-refractivity contribution >= 4 is 5.91 Å². The molecule has 0 spiro atoms. The number of aliphatic hydroxyl groups excluding tert-OH is 1. The smallest absolute Gasteiger partial charge is 0.251 e. The fourth-order valence-corrected chi connectivity index (χ4v) is 3.73. The number of carbonyl (C=O) groups is 1. The zero-order valence-corrected chi connectivity index (χ0v) is 14.7. The Balaban J connectivity index is 1.59. The minimum atomic E-state index is -0.386. The Kier molecular flexibility index (Phi) is 4.41. The van der Waals surface area contributed by atoms with Crippen molar-refractivity contribution < 1.29 is 19.0 Å². The molecule has 1 fully saturated rings. The van der Waals surface area contributed by atoms with Gasteiger partial charge < -0.3 is 15.2 Å². The molecule has 4 rings (SSSR count). The zero-order valence-electron chi connectivity index (χ0n) is 14.7. The molecule has 2 aliphatic rings. The number of benzene rings is 2. The van der Waals surface area contributed by atoms with Gasteiger partial charge in [-0.1, -0.05) is 12.1 Å². The Labute approximate surface area is 152 Å². The van der Waals surface area contributed by atoms with Crippen LogP contribution in [0.25, 0.3) is 0 Å². The predicted molar refractivity (Wildman–Crippen MR) is 95.7 cm³/mol. The molecule has 1 heterocycles. The number of nitrogens with one attached hydrogen (secondary N) is 1. The van der Waals surface area contributed by atoms with Gasteiger partial charge in [0.15, 0.2) is 0 Å². The van der Waals surface area contributed by atoms with Gasteiger partial charge >= 0.3 is 0 Å². The van der Waals surface area contributed by atoms with E-state index in [1.165, 1.54) is 6.07 Å². The first-order chi connectivity index (χ1) is 12.5. The Morgan fingerprint density at radius 3 is 2.81 bits per heavy atom. The van der Waals surface area contributed by atoms with Gasteiger partial charge in [-0.25, -0.2) is 4.39 Å². The number of halogens is 1. The van der Waals surface area contributed by atoms with Crippen LogP contribution in [0.4, 0.5) is 4.39 Å². The maximum atomic E-state index is 13.8. The molecule has 136 valence electrons. The number of hydrogen-bond donors (Lipinski definition) is 2. The van der Waals surface area contributed by atoms with Gasteiger partial charge in [0.05, 0.1) is 18.8 Å². The van der Waals surface area contributed by atoms with Crippen molar-refractivity contribution in [3.05, 3.63) is 64.5 Å². The summed E-state index contributed by atoms with van der Waals surface area (Å²) in [6.45, 7) is 2.35. The Hall–Kier alpha value is -2.40. The van der Waals surface area contributed by atoms with E-state index in [2.05, 4.69) is 11.4 Å². The van der Waals surface area contributed by atoms with Crippen LogP contribution in [0.15, 0.2) is 36.4 Å². The molecule has 1 saturated carbocycles. The van der Waals surface area contributed by atoms with E-state index in [1.807, 2.05) is 12.1 Å². The summed E-state index contributed by atoms with van der Waals surface area (Å²) < 4.78 is 19.4. The minimum absolute atomic E-state index is 0.171. The monoisotopic (exact) mass is 355 g/mol. The maximum absolute atomic E-state index is 13.8. The van der Waals surface area contributed by atoms with Crippen molar-refractivity contribution in [2.24, 2.45) is 5.92 Å². The van der Waals surface area contributed by atoms with Gasteiger partial charge in [0.25, 0.3) is 5.91 Å². The molecule has 2 aromatic rings. The maximum Gasteiger partial charge on any atom is 0.251 e. The molecular formula is C21H22FNO3. The second-order valence-corrected chi connectivity index (χ2v) is 7.27. The van der Waals surface area contributed by atoms with Crippen LogP contribution in [0.5, 0.6) is 5.75 Å². The fraction of sp³-hybridized carbons (Fsp3) is 0.381. The molecule has 1 aliphatic heterocycles. The zero-order chi connectivity index (χ0) is 18.3. The Morgan fingerprint density at radius 1 is 1.27 bits per heavy atom. The third-order valence-electron chi connectivity index (χ3n) is 5.41. The van der Waals surface area contributed by atoms with E-state index in [1.54, 1.807) is 19.1 Å². The van der Waals surface area contributed by atoms with Crippen LogP contribution in [-0.2, 0) is 6.42 Å². The number of hydrogen-bond acceptors (Lipinski definition) is 3. The second-order valence-electron chi connectivity index (χ2n) is 7.27. The largest absolute Gasteiger partial charge is 0.493 e. The summed E-state index contributed by atoms with van der Waals surface area (Å²) in [5.41, 5.74) is 2.97. The lowest BCUT2D eigenvalue weighted by Gasteiger charge is -2.38. The van der Waals surface area contributed by atoms with Crippen molar-refractivity contribution in [3.63, 3.8) is 0 Å². The average molecular weight is 355 g/mol. The highest BCUT2D eigenvalue weighted by atomic mass is 19.1. The average Bonchev–Trinajstić information content (AvgIpc) is 3.07. The SMILES string of the molecule is Cc1ccc(C(=O)NC(c2ccc3c(c2)CCO3)C2CC(O)C2)cc1F. The predicted octanol–water partition coefficient (Wildman–Crippen LogP) is 3.31. The van der Waals surface area contributed by atoms with Crippen molar-refractivity contribution in [2.75, 3.05) is 6.61 Å². The Morgan fingerprint density at radius 2 is 2.08 bits per heavy atom. The molecule has 1 atom stereocenters. The highest BCUT2D eigenvalue weighted by Crippen LogP contribution is 2.40. The summed E-state index contributed by atoms with van der Waals surface area (Å²) in [6.07, 6.45) is 1.86. The van der Waals surface area contributed by atoms with E-state index in [0.29, 0.717) is 30.6 Å². The third-order valence-corrected chi connectivity index (χ3v) is 5.41. The van der Waals surface area contributed by atoms with E-state index in [0.717, 1.165) is 23.3 Å². The van der Waals surface area contributed by atoms with Crippen LogP contribution in [0.2, 0.25) is 0 Å². The Bertz CT molecular complexity index is 845. The molecular weight excluding hydrogens is 333 g/mol. The topological polar surface area (TPSA) is 58.6 Å². The van der Waals surface area contributed by atoms with Gasteiger partial charge in [-0.15, -0.1) is 0 Å². The lowest BCUT2D eigenvalue weighted by atomic mass is 9.74. The van der Waals surface area contributed by atoms with Gasteiger partial charge in [0, 0.05) is 12.0 Å². The van der Waals surface area contributed by atoms with Gasteiger partial charge in [-0.2, -0.15) is 0 Å². The van der Waals surface area contributed by atoms with Crippen LogP contribution < -0.4 is 10.1 Å². The number of carbonyl (C=O) groups excluding carboxylic acids is 1. The summed E-state index contributed by atoms with van der Waals surface area (Å²) in [5, 5.41) is 12.8. The number of rotatable bonds is 4. The number of aliphatic hydroxyl groups is 1. The van der Waals surface area contributed by atoms with Crippen molar-refractivity contribution in [1.82, 2.24) is 5.32 Å². The van der Waals surface area contributed by atoms with Gasteiger partial charge in [-0.05, 0) is 66.6 Å². The molecule has 1 unspecified atom stereocenters. The molecule has 2 N–H and O–H groups in total. The number of aryl methyl sites for hydroxylation is 1. The van der Waals surface area contributed by atoms with Crippen LogP contribution >= 0.6 is 0 Å². The van der Waals surface area contributed by atoms with Crippen molar-refractivity contribution in [2.45, 2.75) is 38.3 Å². The first-order valence-corrected chi connectivity index (χ1v) is 9.02. The molecule has 1 amide bonds. The third kappa shape index (κ3) is 3.19. The van der Waals surface area contributed by atoms with E-state index in [9.17, 15) is 14.3 Å². The van der Waals surface area contributed by atoms with Crippen molar-refractivity contribution in [3.8, 4) is 5.75 Å². The van der Waals surface area contributed by atoms with Crippen LogP contribution in [0, 0.1) is 18.7 Å². The molecule has 0 bridgehead atoms. The lowest BCUT2D eigenvalue weighted by molar-refractivity contribution is 0.0235. The molecule has 5 heteroatoms. The summed E-state index contributed by atoms with van der Waals surface area (Å²) >= 11 is 0. The number of ether oxygens (including phenoxy) is 1. The molecule has 4 nitrogen and oxygen atoms in total. The molecule has 1 aliphatic carbocycles. The molecule has 26 heavy (non-hydrogen) atoms. The van der Waals surface area contributed by atoms with Gasteiger partial charge in [0.2, 0.25) is 0 Å². The summed E-state index contributed by atoms with van der Waals surface area (Å²) in [4.78, 5) is 12.7.